The van der Waals surface area contributed by atoms with Crippen LogP contribution in [0.2, 0.25) is 0 Å². The molecule has 4 nitrogen and oxygen atoms in total. The first-order valence-electron chi connectivity index (χ1n) is 5.57. The third-order valence-corrected chi connectivity index (χ3v) is 2.49. The highest BCUT2D eigenvalue weighted by Crippen LogP contribution is 1.96. The van der Waals surface area contributed by atoms with Gasteiger partial charge in [-0.15, -0.1) is 0 Å². The summed E-state index contributed by atoms with van der Waals surface area (Å²) in [5.41, 5.74) is 0. The lowest BCUT2D eigenvalue weighted by atomic mass is 10.2. The Hall–Kier alpha value is -1.08. The van der Waals surface area contributed by atoms with Crippen molar-refractivity contribution in [2.45, 2.75) is 39.7 Å². The van der Waals surface area contributed by atoms with Crippen molar-refractivity contribution in [3.05, 3.63) is 0 Å². The molecular weight excluding hydrogens is 190 g/mol. The molecule has 1 amide bonds. The molecule has 0 bridgehead atoms. The Balaban J connectivity index is 3.92. The lowest BCUT2D eigenvalue weighted by molar-refractivity contribution is -0.130. The van der Waals surface area contributed by atoms with Crippen LogP contribution >= 0.6 is 0 Å². The van der Waals surface area contributed by atoms with Gasteiger partial charge in [0.05, 0.1) is 19.0 Å². The summed E-state index contributed by atoms with van der Waals surface area (Å²) in [5, 5.41) is 11.7. The van der Waals surface area contributed by atoms with Gasteiger partial charge < -0.3 is 10.2 Å². The van der Waals surface area contributed by atoms with Crippen LogP contribution in [0.15, 0.2) is 0 Å². The minimum absolute atomic E-state index is 0.108. The number of carbonyl (C=O) groups is 1. The van der Waals surface area contributed by atoms with Crippen molar-refractivity contribution in [2.24, 2.45) is 0 Å². The van der Waals surface area contributed by atoms with E-state index in [1.807, 2.05) is 20.8 Å². The molecular formula is C11H21N3O. The van der Waals surface area contributed by atoms with Gasteiger partial charge in [-0.1, -0.05) is 6.92 Å². The number of rotatable bonds is 7. The van der Waals surface area contributed by atoms with Crippen molar-refractivity contribution < 1.29 is 4.79 Å². The van der Waals surface area contributed by atoms with Crippen LogP contribution in [0.4, 0.5) is 0 Å². The quantitative estimate of drug-likeness (QED) is 0.687. The van der Waals surface area contributed by atoms with Crippen LogP contribution < -0.4 is 5.32 Å². The van der Waals surface area contributed by atoms with Gasteiger partial charge in [0.25, 0.3) is 0 Å². The molecule has 0 heterocycles. The van der Waals surface area contributed by atoms with Gasteiger partial charge in [0, 0.05) is 19.1 Å². The number of amides is 1. The van der Waals surface area contributed by atoms with Crippen LogP contribution in [0.5, 0.6) is 0 Å². The summed E-state index contributed by atoms with van der Waals surface area (Å²) in [6, 6.07) is 2.25. The first kappa shape index (κ1) is 13.9. The summed E-state index contributed by atoms with van der Waals surface area (Å²) in [6.07, 6.45) is 1.33. The molecule has 0 fully saturated rings. The lowest BCUT2D eigenvalue weighted by Crippen LogP contribution is -2.41. The van der Waals surface area contributed by atoms with Gasteiger partial charge in [0.1, 0.15) is 0 Å². The fraction of sp³-hybridized carbons (Fsp3) is 0.818. The van der Waals surface area contributed by atoms with E-state index in [2.05, 4.69) is 11.4 Å². The van der Waals surface area contributed by atoms with E-state index in [0.29, 0.717) is 13.0 Å². The Labute approximate surface area is 92.3 Å². The van der Waals surface area contributed by atoms with Gasteiger partial charge in [-0.25, -0.2) is 0 Å². The van der Waals surface area contributed by atoms with Crippen LogP contribution in [0.25, 0.3) is 0 Å². The molecule has 0 aromatic rings. The SMILES string of the molecule is CCC(CC#N)NCC(=O)N(CC)CC. The fourth-order valence-corrected chi connectivity index (χ4v) is 1.39. The van der Waals surface area contributed by atoms with Crippen LogP contribution in [-0.4, -0.2) is 36.5 Å². The number of nitrogens with zero attached hydrogens (tertiary/aromatic N) is 2. The first-order valence-corrected chi connectivity index (χ1v) is 5.57. The zero-order chi connectivity index (χ0) is 11.7. The molecule has 0 saturated heterocycles. The van der Waals surface area contributed by atoms with Crippen LogP contribution in [0, 0.1) is 11.3 Å². The highest BCUT2D eigenvalue weighted by atomic mass is 16.2. The second-order valence-electron chi connectivity index (χ2n) is 3.41. The number of nitriles is 1. The molecule has 0 radical (unpaired) electrons. The maximum absolute atomic E-state index is 11.6. The van der Waals surface area contributed by atoms with Crippen molar-refractivity contribution in [1.29, 1.82) is 5.26 Å². The summed E-state index contributed by atoms with van der Waals surface area (Å²) in [4.78, 5) is 13.4. The number of hydrogen-bond donors (Lipinski definition) is 1. The Morgan fingerprint density at radius 3 is 2.40 bits per heavy atom. The monoisotopic (exact) mass is 211 g/mol. The second kappa shape index (κ2) is 8.25. The van der Waals surface area contributed by atoms with Crippen molar-refractivity contribution in [3.8, 4) is 6.07 Å². The zero-order valence-corrected chi connectivity index (χ0v) is 9.92. The minimum Gasteiger partial charge on any atom is -0.342 e. The van der Waals surface area contributed by atoms with E-state index < -0.39 is 0 Å². The van der Waals surface area contributed by atoms with Crippen molar-refractivity contribution in [2.75, 3.05) is 19.6 Å². The Kier molecular flexibility index (Phi) is 7.65. The van der Waals surface area contributed by atoms with Gasteiger partial charge in [0.2, 0.25) is 5.91 Å². The number of nitrogens with one attached hydrogen (secondary N) is 1. The van der Waals surface area contributed by atoms with Crippen molar-refractivity contribution in [3.63, 3.8) is 0 Å². The normalized spacial score (nSPS) is 11.9. The Morgan fingerprint density at radius 1 is 1.40 bits per heavy atom. The van der Waals surface area contributed by atoms with E-state index >= 15 is 0 Å². The summed E-state index contributed by atoms with van der Waals surface area (Å²) in [7, 11) is 0. The van der Waals surface area contributed by atoms with Gasteiger partial charge in [0.15, 0.2) is 0 Å². The third kappa shape index (κ3) is 5.38. The van der Waals surface area contributed by atoms with Gasteiger partial charge in [-0.3, -0.25) is 4.79 Å². The molecule has 15 heavy (non-hydrogen) atoms. The van der Waals surface area contributed by atoms with E-state index in [1.54, 1.807) is 4.90 Å². The highest BCUT2D eigenvalue weighted by Gasteiger charge is 2.11. The van der Waals surface area contributed by atoms with E-state index in [9.17, 15) is 4.79 Å². The fourth-order valence-electron chi connectivity index (χ4n) is 1.39. The molecule has 1 unspecified atom stereocenters. The molecule has 86 valence electrons. The molecule has 0 aliphatic carbocycles. The van der Waals surface area contributed by atoms with Gasteiger partial charge in [-0.05, 0) is 20.3 Å². The van der Waals surface area contributed by atoms with Crippen molar-refractivity contribution >= 4 is 5.91 Å². The standard InChI is InChI=1S/C11H21N3O/c1-4-10(7-8-12)13-9-11(15)14(5-2)6-3/h10,13H,4-7,9H2,1-3H3. The van der Waals surface area contributed by atoms with Gasteiger partial charge >= 0.3 is 0 Å². The van der Waals surface area contributed by atoms with Crippen LogP contribution in [0.3, 0.4) is 0 Å². The summed E-state index contributed by atoms with van der Waals surface area (Å²) >= 11 is 0. The maximum Gasteiger partial charge on any atom is 0.236 e. The molecule has 0 aromatic heterocycles. The molecule has 0 aliphatic heterocycles. The van der Waals surface area contributed by atoms with Crippen LogP contribution in [0.1, 0.15) is 33.6 Å². The number of carbonyl (C=O) groups excluding carboxylic acids is 1. The minimum atomic E-state index is 0.108. The predicted octanol–water partition coefficient (Wildman–Crippen LogP) is 1.14. The molecule has 0 rings (SSSR count). The smallest absolute Gasteiger partial charge is 0.236 e. The van der Waals surface area contributed by atoms with E-state index in [4.69, 9.17) is 5.26 Å². The van der Waals surface area contributed by atoms with E-state index in [-0.39, 0.29) is 11.9 Å². The number of hydrogen-bond acceptors (Lipinski definition) is 3. The lowest BCUT2D eigenvalue weighted by Gasteiger charge is -2.20. The summed E-state index contributed by atoms with van der Waals surface area (Å²) in [5.74, 6) is 0.108. The summed E-state index contributed by atoms with van der Waals surface area (Å²) < 4.78 is 0. The second-order valence-corrected chi connectivity index (χ2v) is 3.41. The molecule has 0 aromatic carbocycles. The molecule has 0 saturated carbocycles. The average molecular weight is 211 g/mol. The molecule has 0 aliphatic rings. The molecule has 4 heteroatoms. The Morgan fingerprint density at radius 2 is 2.00 bits per heavy atom. The highest BCUT2D eigenvalue weighted by molar-refractivity contribution is 5.78. The van der Waals surface area contributed by atoms with Gasteiger partial charge in [-0.2, -0.15) is 5.26 Å². The van der Waals surface area contributed by atoms with E-state index in [1.165, 1.54) is 0 Å². The molecule has 0 spiro atoms. The zero-order valence-electron chi connectivity index (χ0n) is 9.92. The first-order chi connectivity index (χ1) is 7.19. The Bertz CT molecular complexity index is 218. The third-order valence-electron chi connectivity index (χ3n) is 2.49. The average Bonchev–Trinajstić information content (AvgIpc) is 2.25. The number of likely N-dealkylation sites (N-methyl/N-ethyl adjacent to an activating group) is 1. The van der Waals surface area contributed by atoms with E-state index in [0.717, 1.165) is 19.5 Å². The predicted molar refractivity (Wildman–Crippen MR) is 60.2 cm³/mol. The topological polar surface area (TPSA) is 56.1 Å². The maximum atomic E-state index is 11.6. The molecule has 1 atom stereocenters. The van der Waals surface area contributed by atoms with Crippen molar-refractivity contribution in [1.82, 2.24) is 10.2 Å². The largest absolute Gasteiger partial charge is 0.342 e. The molecule has 1 N–H and O–H groups in total. The van der Waals surface area contributed by atoms with Crippen LogP contribution in [-0.2, 0) is 4.79 Å². The summed E-state index contributed by atoms with van der Waals surface area (Å²) in [6.45, 7) is 7.76.